The average molecular weight is 260 g/mol. The Morgan fingerprint density at radius 3 is 2.95 bits per heavy atom. The summed E-state index contributed by atoms with van der Waals surface area (Å²) in [6.07, 6.45) is 3.27. The largest absolute Gasteiger partial charge is 0.508 e. The van der Waals surface area contributed by atoms with Crippen molar-refractivity contribution in [2.75, 3.05) is 12.3 Å². The molecule has 0 aliphatic rings. The molecule has 0 fully saturated rings. The molecule has 0 bridgehead atoms. The number of phenols is 1. The fourth-order valence-corrected chi connectivity index (χ4v) is 1.68. The molecule has 6 heteroatoms. The summed E-state index contributed by atoms with van der Waals surface area (Å²) in [4.78, 5) is 11.9. The fourth-order valence-electron chi connectivity index (χ4n) is 1.68. The van der Waals surface area contributed by atoms with Gasteiger partial charge < -0.3 is 16.2 Å². The summed E-state index contributed by atoms with van der Waals surface area (Å²) in [5, 5.41) is 16.2. The van der Waals surface area contributed by atoms with Crippen LogP contribution in [0.5, 0.6) is 5.75 Å². The van der Waals surface area contributed by atoms with E-state index in [0.29, 0.717) is 29.9 Å². The van der Waals surface area contributed by atoms with Gasteiger partial charge in [0.25, 0.3) is 5.91 Å². The zero-order valence-electron chi connectivity index (χ0n) is 10.6. The molecule has 0 radical (unpaired) electrons. The Labute approximate surface area is 110 Å². The number of nitrogens with zero attached hydrogens (tertiary/aromatic N) is 2. The van der Waals surface area contributed by atoms with Gasteiger partial charge in [-0.1, -0.05) is 0 Å². The topological polar surface area (TPSA) is 93.2 Å². The Kier molecular flexibility index (Phi) is 3.70. The van der Waals surface area contributed by atoms with Crippen LogP contribution in [0, 0.1) is 6.92 Å². The molecule has 0 aliphatic carbocycles. The lowest BCUT2D eigenvalue weighted by atomic mass is 10.1. The minimum atomic E-state index is -0.178. The van der Waals surface area contributed by atoms with Crippen molar-refractivity contribution < 1.29 is 9.90 Å². The average Bonchev–Trinajstić information content (AvgIpc) is 2.78. The number of nitrogens with two attached hydrogens (primary N) is 1. The number of aryl methyl sites for hydroxylation is 1. The summed E-state index contributed by atoms with van der Waals surface area (Å²) in [6, 6.07) is 4.75. The molecule has 0 unspecified atom stereocenters. The van der Waals surface area contributed by atoms with E-state index in [1.807, 2.05) is 0 Å². The molecule has 0 spiro atoms. The first-order chi connectivity index (χ1) is 9.06. The van der Waals surface area contributed by atoms with Crippen molar-refractivity contribution in [3.8, 4) is 5.75 Å². The zero-order valence-corrected chi connectivity index (χ0v) is 10.6. The van der Waals surface area contributed by atoms with Gasteiger partial charge in [0, 0.05) is 18.3 Å². The van der Waals surface area contributed by atoms with Crippen molar-refractivity contribution >= 4 is 11.6 Å². The van der Waals surface area contributed by atoms with Crippen molar-refractivity contribution in [2.24, 2.45) is 0 Å². The van der Waals surface area contributed by atoms with Gasteiger partial charge in [0.05, 0.1) is 18.4 Å². The highest BCUT2D eigenvalue weighted by Crippen LogP contribution is 2.16. The number of nitrogens with one attached hydrogen (secondary N) is 1. The molecule has 2 rings (SSSR count). The number of phenolic OH excluding ortho intramolecular Hbond substituents is 1. The smallest absolute Gasteiger partial charge is 0.251 e. The van der Waals surface area contributed by atoms with Crippen molar-refractivity contribution in [3.05, 3.63) is 41.7 Å². The van der Waals surface area contributed by atoms with Gasteiger partial charge in [-0.2, -0.15) is 5.10 Å². The van der Waals surface area contributed by atoms with Crippen LogP contribution in [-0.2, 0) is 6.54 Å². The van der Waals surface area contributed by atoms with Gasteiger partial charge in [-0.05, 0) is 30.7 Å². The second kappa shape index (κ2) is 5.43. The van der Waals surface area contributed by atoms with Crippen molar-refractivity contribution in [1.82, 2.24) is 15.1 Å². The van der Waals surface area contributed by atoms with Crippen molar-refractivity contribution in [3.63, 3.8) is 0 Å². The van der Waals surface area contributed by atoms with E-state index in [1.165, 1.54) is 6.07 Å². The normalized spacial score (nSPS) is 10.4. The number of carbonyl (C=O) groups is 1. The number of aromatic hydroxyl groups is 1. The Hall–Kier alpha value is -2.50. The van der Waals surface area contributed by atoms with E-state index in [4.69, 9.17) is 5.73 Å². The Morgan fingerprint density at radius 2 is 2.32 bits per heavy atom. The van der Waals surface area contributed by atoms with Gasteiger partial charge in [0.15, 0.2) is 0 Å². The van der Waals surface area contributed by atoms with E-state index in [9.17, 15) is 9.90 Å². The second-order valence-corrected chi connectivity index (χ2v) is 4.29. The monoisotopic (exact) mass is 260 g/mol. The first-order valence-corrected chi connectivity index (χ1v) is 5.92. The Morgan fingerprint density at radius 1 is 1.53 bits per heavy atom. The second-order valence-electron chi connectivity index (χ2n) is 4.29. The van der Waals surface area contributed by atoms with Crippen LogP contribution in [0.2, 0.25) is 0 Å². The zero-order chi connectivity index (χ0) is 13.8. The third-order valence-corrected chi connectivity index (χ3v) is 2.74. The van der Waals surface area contributed by atoms with E-state index < -0.39 is 0 Å². The molecule has 4 N–H and O–H groups in total. The van der Waals surface area contributed by atoms with Gasteiger partial charge in [0.1, 0.15) is 5.75 Å². The van der Waals surface area contributed by atoms with Crippen molar-refractivity contribution in [2.45, 2.75) is 13.5 Å². The fraction of sp³-hybridized carbons (Fsp3) is 0.231. The van der Waals surface area contributed by atoms with E-state index in [0.717, 1.165) is 0 Å². The quantitative estimate of drug-likeness (QED) is 0.761. The predicted molar refractivity (Wildman–Crippen MR) is 71.8 cm³/mol. The van der Waals surface area contributed by atoms with Gasteiger partial charge in [-0.25, -0.2) is 0 Å². The van der Waals surface area contributed by atoms with Crippen LogP contribution >= 0.6 is 0 Å². The van der Waals surface area contributed by atoms with Gasteiger partial charge in [-0.15, -0.1) is 0 Å². The number of hydrogen-bond acceptors (Lipinski definition) is 4. The number of benzene rings is 1. The molecule has 6 nitrogen and oxygen atoms in total. The summed E-state index contributed by atoms with van der Waals surface area (Å²) in [5.74, 6) is 0.00629. The number of nitrogen functional groups attached to an aromatic ring is 1. The molecule has 1 heterocycles. The third-order valence-electron chi connectivity index (χ3n) is 2.74. The first kappa shape index (κ1) is 12.9. The molecule has 1 aromatic carbocycles. The Bertz CT molecular complexity index is 592. The molecule has 2 aromatic rings. The summed E-state index contributed by atoms with van der Waals surface area (Å²) < 4.78 is 1.66. The highest BCUT2D eigenvalue weighted by molar-refractivity contribution is 5.94. The third kappa shape index (κ3) is 3.25. The first-order valence-electron chi connectivity index (χ1n) is 5.92. The lowest BCUT2D eigenvalue weighted by Gasteiger charge is -2.06. The standard InChI is InChI=1S/C13H16N4O2/c1-9-6-10(2-3-12(9)18)13(19)15-4-5-17-8-11(14)7-16-17/h2-3,6-8,18H,4-5,14H2,1H3,(H,15,19). The molecule has 1 aromatic heterocycles. The van der Waals surface area contributed by atoms with Gasteiger partial charge in [0.2, 0.25) is 0 Å². The molecule has 1 amide bonds. The van der Waals surface area contributed by atoms with Crippen molar-refractivity contribution in [1.29, 1.82) is 0 Å². The van der Waals surface area contributed by atoms with E-state index >= 15 is 0 Å². The minimum Gasteiger partial charge on any atom is -0.508 e. The summed E-state index contributed by atoms with van der Waals surface area (Å²) in [6.45, 7) is 2.76. The van der Waals surface area contributed by atoms with Crippen LogP contribution in [0.1, 0.15) is 15.9 Å². The number of aromatic nitrogens is 2. The lowest BCUT2D eigenvalue weighted by Crippen LogP contribution is -2.27. The summed E-state index contributed by atoms with van der Waals surface area (Å²) >= 11 is 0. The van der Waals surface area contributed by atoms with Crippen LogP contribution in [0.3, 0.4) is 0 Å². The van der Waals surface area contributed by atoms with Gasteiger partial charge >= 0.3 is 0 Å². The molecular weight excluding hydrogens is 244 g/mol. The molecule has 0 atom stereocenters. The van der Waals surface area contributed by atoms with Crippen LogP contribution in [0.25, 0.3) is 0 Å². The number of rotatable bonds is 4. The summed E-state index contributed by atoms with van der Waals surface area (Å²) in [7, 11) is 0. The van der Waals surface area contributed by atoms with Crippen LogP contribution < -0.4 is 11.1 Å². The number of hydrogen-bond donors (Lipinski definition) is 3. The maximum atomic E-state index is 11.9. The highest BCUT2D eigenvalue weighted by atomic mass is 16.3. The van der Waals surface area contributed by atoms with Crippen LogP contribution in [0.4, 0.5) is 5.69 Å². The minimum absolute atomic E-state index is 0.178. The molecule has 100 valence electrons. The highest BCUT2D eigenvalue weighted by Gasteiger charge is 2.06. The molecule has 0 saturated heterocycles. The predicted octanol–water partition coefficient (Wildman–Crippen LogP) is 0.909. The summed E-state index contributed by atoms with van der Waals surface area (Å²) in [5.41, 5.74) is 7.33. The van der Waals surface area contributed by atoms with E-state index in [2.05, 4.69) is 10.4 Å². The van der Waals surface area contributed by atoms with Gasteiger partial charge in [-0.3, -0.25) is 9.48 Å². The SMILES string of the molecule is Cc1cc(C(=O)NCCn2cc(N)cn2)ccc1O. The number of amides is 1. The van der Waals surface area contributed by atoms with Crippen LogP contribution in [-0.4, -0.2) is 27.3 Å². The maximum Gasteiger partial charge on any atom is 0.251 e. The Balaban J connectivity index is 1.89. The molecule has 0 aliphatic heterocycles. The molecular formula is C13H16N4O2. The molecule has 0 saturated carbocycles. The molecule has 19 heavy (non-hydrogen) atoms. The van der Waals surface area contributed by atoms with E-state index in [1.54, 1.807) is 36.1 Å². The number of anilines is 1. The number of carbonyl (C=O) groups excluding carboxylic acids is 1. The lowest BCUT2D eigenvalue weighted by molar-refractivity contribution is 0.0952. The maximum absolute atomic E-state index is 11.9. The van der Waals surface area contributed by atoms with E-state index in [-0.39, 0.29) is 11.7 Å². The van der Waals surface area contributed by atoms with Crippen LogP contribution in [0.15, 0.2) is 30.6 Å².